The van der Waals surface area contributed by atoms with Gasteiger partial charge in [-0.1, -0.05) is 25.8 Å². The van der Waals surface area contributed by atoms with Crippen LogP contribution in [-0.2, 0) is 17.5 Å². The minimum atomic E-state index is -4.55. The van der Waals surface area contributed by atoms with E-state index in [9.17, 15) is 17.6 Å². The molecule has 0 aliphatic rings. The molecule has 0 saturated carbocycles. The van der Waals surface area contributed by atoms with Gasteiger partial charge in [0, 0.05) is 12.2 Å². The molecule has 0 bridgehead atoms. The Labute approximate surface area is 104 Å². The molecule has 0 N–H and O–H groups in total. The average molecular weight is 264 g/mol. The maximum atomic E-state index is 13.4. The minimum Gasteiger partial charge on any atom is -0.377 e. The summed E-state index contributed by atoms with van der Waals surface area (Å²) in [6, 6.07) is 2.94. The van der Waals surface area contributed by atoms with Crippen LogP contribution in [0.15, 0.2) is 18.2 Å². The largest absolute Gasteiger partial charge is 0.416 e. The van der Waals surface area contributed by atoms with Crippen molar-refractivity contribution in [2.24, 2.45) is 0 Å². The number of hydrogen-bond donors (Lipinski definition) is 0. The molecule has 0 spiro atoms. The Morgan fingerprint density at radius 1 is 1.17 bits per heavy atom. The van der Waals surface area contributed by atoms with Gasteiger partial charge in [0.1, 0.15) is 5.82 Å². The second-order valence-corrected chi connectivity index (χ2v) is 4.02. The average Bonchev–Trinajstić information content (AvgIpc) is 2.29. The molecule has 1 rings (SSSR count). The molecule has 0 fully saturated rings. The van der Waals surface area contributed by atoms with Gasteiger partial charge in [0.05, 0.1) is 12.2 Å². The van der Waals surface area contributed by atoms with Gasteiger partial charge in [-0.2, -0.15) is 13.2 Å². The lowest BCUT2D eigenvalue weighted by Gasteiger charge is -2.13. The standard InChI is InChI=1S/C13H16F4O/c1-2-3-4-8-18-9-10-11(13(15,16)17)6-5-7-12(10)14/h5-7H,2-4,8-9H2,1H3. The molecule has 0 amide bonds. The Balaban J connectivity index is 2.69. The predicted octanol–water partition coefficient (Wildman–Crippen LogP) is 4.55. The van der Waals surface area contributed by atoms with Crippen LogP contribution in [-0.4, -0.2) is 6.61 Å². The zero-order valence-electron chi connectivity index (χ0n) is 10.2. The second-order valence-electron chi connectivity index (χ2n) is 4.02. The summed E-state index contributed by atoms with van der Waals surface area (Å²) in [5.74, 6) is -0.875. The lowest BCUT2D eigenvalue weighted by atomic mass is 10.1. The summed E-state index contributed by atoms with van der Waals surface area (Å²) in [5, 5.41) is 0. The Bertz CT molecular complexity index is 374. The number of ether oxygens (including phenoxy) is 1. The van der Waals surface area contributed by atoms with Crippen LogP contribution in [0.1, 0.15) is 37.3 Å². The number of hydrogen-bond acceptors (Lipinski definition) is 1. The molecule has 1 aromatic rings. The van der Waals surface area contributed by atoms with Crippen LogP contribution in [0.3, 0.4) is 0 Å². The molecule has 0 heterocycles. The van der Waals surface area contributed by atoms with Crippen molar-refractivity contribution in [1.29, 1.82) is 0 Å². The van der Waals surface area contributed by atoms with Gasteiger partial charge in [-0.15, -0.1) is 0 Å². The fraction of sp³-hybridized carbons (Fsp3) is 0.538. The van der Waals surface area contributed by atoms with Crippen molar-refractivity contribution in [2.45, 2.75) is 39.0 Å². The summed E-state index contributed by atoms with van der Waals surface area (Å²) in [7, 11) is 0. The van der Waals surface area contributed by atoms with E-state index < -0.39 is 23.1 Å². The normalized spacial score (nSPS) is 11.8. The molecule has 1 aromatic carbocycles. The predicted molar refractivity (Wildman–Crippen MR) is 60.6 cm³/mol. The Hall–Kier alpha value is -1.10. The molecule has 0 aliphatic heterocycles. The van der Waals surface area contributed by atoms with Crippen LogP contribution in [0.2, 0.25) is 0 Å². The van der Waals surface area contributed by atoms with E-state index >= 15 is 0 Å². The third kappa shape index (κ3) is 4.29. The van der Waals surface area contributed by atoms with E-state index in [1.807, 2.05) is 6.92 Å². The van der Waals surface area contributed by atoms with Gasteiger partial charge in [0.2, 0.25) is 0 Å². The van der Waals surface area contributed by atoms with Crippen molar-refractivity contribution in [3.8, 4) is 0 Å². The van der Waals surface area contributed by atoms with Crippen LogP contribution in [0.25, 0.3) is 0 Å². The summed E-state index contributed by atoms with van der Waals surface area (Å²) in [5.41, 5.74) is -1.38. The first-order chi connectivity index (χ1) is 8.46. The molecule has 0 unspecified atom stereocenters. The molecule has 0 aromatic heterocycles. The molecule has 0 aliphatic carbocycles. The van der Waals surface area contributed by atoms with E-state index in [1.54, 1.807) is 0 Å². The maximum Gasteiger partial charge on any atom is 0.416 e. The summed E-state index contributed by atoms with van der Waals surface area (Å²) < 4.78 is 56.4. The Morgan fingerprint density at radius 3 is 2.50 bits per heavy atom. The van der Waals surface area contributed by atoms with Crippen LogP contribution in [0, 0.1) is 5.82 Å². The lowest BCUT2D eigenvalue weighted by molar-refractivity contribution is -0.139. The van der Waals surface area contributed by atoms with E-state index in [-0.39, 0.29) is 6.61 Å². The monoisotopic (exact) mass is 264 g/mol. The molecular formula is C13H16F4O. The van der Waals surface area contributed by atoms with E-state index in [0.29, 0.717) is 6.61 Å². The second kappa shape index (κ2) is 6.73. The first-order valence-corrected chi connectivity index (χ1v) is 5.89. The summed E-state index contributed by atoms with van der Waals surface area (Å²) in [6.07, 6.45) is -1.84. The number of rotatable bonds is 6. The van der Waals surface area contributed by atoms with Gasteiger partial charge in [0.25, 0.3) is 0 Å². The molecule has 18 heavy (non-hydrogen) atoms. The van der Waals surface area contributed by atoms with Gasteiger partial charge in [-0.25, -0.2) is 4.39 Å². The molecule has 0 saturated heterocycles. The zero-order chi connectivity index (χ0) is 13.6. The third-order valence-corrected chi connectivity index (χ3v) is 2.56. The van der Waals surface area contributed by atoms with Gasteiger partial charge < -0.3 is 4.74 Å². The van der Waals surface area contributed by atoms with Gasteiger partial charge in [-0.3, -0.25) is 0 Å². The highest BCUT2D eigenvalue weighted by molar-refractivity contribution is 5.30. The first kappa shape index (κ1) is 15.0. The highest BCUT2D eigenvalue weighted by Crippen LogP contribution is 2.33. The van der Waals surface area contributed by atoms with Gasteiger partial charge in [0.15, 0.2) is 0 Å². The molecule has 0 radical (unpaired) electrons. The summed E-state index contributed by atoms with van der Waals surface area (Å²) in [6.45, 7) is 2.02. The smallest absolute Gasteiger partial charge is 0.377 e. The van der Waals surface area contributed by atoms with E-state index in [2.05, 4.69) is 0 Å². The fourth-order valence-electron chi connectivity index (χ4n) is 1.60. The van der Waals surface area contributed by atoms with Crippen molar-refractivity contribution < 1.29 is 22.3 Å². The van der Waals surface area contributed by atoms with E-state index in [0.717, 1.165) is 37.5 Å². The highest BCUT2D eigenvalue weighted by Gasteiger charge is 2.34. The number of alkyl halides is 3. The molecule has 1 nitrogen and oxygen atoms in total. The molecular weight excluding hydrogens is 248 g/mol. The van der Waals surface area contributed by atoms with Gasteiger partial charge in [-0.05, 0) is 18.6 Å². The molecule has 0 atom stereocenters. The SMILES string of the molecule is CCCCCOCc1c(F)cccc1C(F)(F)F. The van der Waals surface area contributed by atoms with Crippen LogP contribution < -0.4 is 0 Å². The number of halogens is 4. The van der Waals surface area contributed by atoms with Crippen molar-refractivity contribution in [3.05, 3.63) is 35.1 Å². The summed E-state index contributed by atoms with van der Waals surface area (Å²) in [4.78, 5) is 0. The zero-order valence-corrected chi connectivity index (χ0v) is 10.2. The van der Waals surface area contributed by atoms with Crippen molar-refractivity contribution in [3.63, 3.8) is 0 Å². The van der Waals surface area contributed by atoms with Crippen LogP contribution in [0.5, 0.6) is 0 Å². The van der Waals surface area contributed by atoms with Crippen LogP contribution >= 0.6 is 0 Å². The number of unbranched alkanes of at least 4 members (excludes halogenated alkanes) is 2. The first-order valence-electron chi connectivity index (χ1n) is 5.89. The van der Waals surface area contributed by atoms with Gasteiger partial charge >= 0.3 is 6.18 Å². The molecule has 5 heteroatoms. The number of benzene rings is 1. The topological polar surface area (TPSA) is 9.23 Å². The Morgan fingerprint density at radius 2 is 1.89 bits per heavy atom. The van der Waals surface area contributed by atoms with Crippen molar-refractivity contribution >= 4 is 0 Å². The highest BCUT2D eigenvalue weighted by atomic mass is 19.4. The minimum absolute atomic E-state index is 0.342. The van der Waals surface area contributed by atoms with Crippen molar-refractivity contribution in [2.75, 3.05) is 6.61 Å². The van der Waals surface area contributed by atoms with E-state index in [4.69, 9.17) is 4.74 Å². The third-order valence-electron chi connectivity index (χ3n) is 2.56. The maximum absolute atomic E-state index is 13.4. The van der Waals surface area contributed by atoms with E-state index in [1.165, 1.54) is 0 Å². The Kier molecular flexibility index (Phi) is 5.59. The summed E-state index contributed by atoms with van der Waals surface area (Å²) >= 11 is 0. The van der Waals surface area contributed by atoms with Crippen LogP contribution in [0.4, 0.5) is 17.6 Å². The fourth-order valence-corrected chi connectivity index (χ4v) is 1.60. The molecule has 102 valence electrons. The quantitative estimate of drug-likeness (QED) is 0.541. The lowest BCUT2D eigenvalue weighted by Crippen LogP contribution is -2.12. The van der Waals surface area contributed by atoms with Crippen molar-refractivity contribution in [1.82, 2.24) is 0 Å².